The van der Waals surface area contributed by atoms with E-state index in [1.54, 1.807) is 17.0 Å². The van der Waals surface area contributed by atoms with Gasteiger partial charge in [0.05, 0.1) is 16.9 Å². The fourth-order valence-electron chi connectivity index (χ4n) is 4.09. The van der Waals surface area contributed by atoms with Crippen molar-refractivity contribution in [1.29, 1.82) is 0 Å². The Morgan fingerprint density at radius 2 is 1.88 bits per heavy atom. The molecule has 3 heterocycles. The van der Waals surface area contributed by atoms with Crippen LogP contribution in [0.5, 0.6) is 0 Å². The summed E-state index contributed by atoms with van der Waals surface area (Å²) >= 11 is 1.13. The predicted molar refractivity (Wildman–Crippen MR) is 130 cm³/mol. The van der Waals surface area contributed by atoms with E-state index in [2.05, 4.69) is 0 Å². The number of carboxylic acids is 1. The SMILES string of the molecule is CC(C)(C)OC(=O)N1CCC(c2cc(-c3ccc(C(=O)O)cc3)nc3sc(C(N)=O)c(N)c23)C1. The van der Waals surface area contributed by atoms with Gasteiger partial charge in [-0.05, 0) is 51.0 Å². The number of primary amides is 1. The monoisotopic (exact) mass is 482 g/mol. The summed E-state index contributed by atoms with van der Waals surface area (Å²) in [6.07, 6.45) is 0.317. The van der Waals surface area contributed by atoms with Crippen molar-refractivity contribution in [3.8, 4) is 11.3 Å². The summed E-state index contributed by atoms with van der Waals surface area (Å²) < 4.78 is 5.52. The van der Waals surface area contributed by atoms with Crippen LogP contribution < -0.4 is 11.5 Å². The fraction of sp³-hybridized carbons (Fsp3) is 0.333. The number of likely N-dealkylation sites (tertiary alicyclic amines) is 1. The molecular formula is C24H26N4O5S. The zero-order chi connectivity index (χ0) is 24.8. The molecule has 3 aromatic rings. The lowest BCUT2D eigenvalue weighted by molar-refractivity contribution is 0.0292. The minimum atomic E-state index is -1.01. The van der Waals surface area contributed by atoms with Crippen molar-refractivity contribution < 1.29 is 24.2 Å². The molecule has 0 spiro atoms. The molecule has 4 rings (SSSR count). The molecule has 1 unspecified atom stereocenters. The molecule has 1 aliphatic heterocycles. The van der Waals surface area contributed by atoms with Crippen molar-refractivity contribution in [2.75, 3.05) is 18.8 Å². The molecule has 1 fully saturated rings. The number of benzene rings is 1. The van der Waals surface area contributed by atoms with E-state index in [4.69, 9.17) is 21.2 Å². The number of pyridine rings is 1. The third-order valence-electron chi connectivity index (χ3n) is 5.66. The van der Waals surface area contributed by atoms with Crippen molar-refractivity contribution in [3.63, 3.8) is 0 Å². The van der Waals surface area contributed by atoms with Crippen LogP contribution in [0, 0.1) is 0 Å². The number of carboxylic acid groups (broad SMARTS) is 1. The van der Waals surface area contributed by atoms with Gasteiger partial charge >= 0.3 is 12.1 Å². The molecule has 1 saturated heterocycles. The molecule has 0 saturated carbocycles. The molecule has 5 N–H and O–H groups in total. The van der Waals surface area contributed by atoms with Crippen LogP contribution in [-0.4, -0.2) is 51.7 Å². The Bertz CT molecular complexity index is 1290. The fourth-order valence-corrected chi connectivity index (χ4v) is 5.07. The number of carbonyl (C=O) groups is 3. The highest BCUT2D eigenvalue weighted by Crippen LogP contribution is 2.42. The number of hydrogen-bond acceptors (Lipinski definition) is 7. The summed E-state index contributed by atoms with van der Waals surface area (Å²) in [7, 11) is 0. The molecule has 0 aliphatic carbocycles. The third-order valence-corrected chi connectivity index (χ3v) is 6.77. The van der Waals surface area contributed by atoms with Crippen molar-refractivity contribution in [1.82, 2.24) is 9.88 Å². The van der Waals surface area contributed by atoms with Gasteiger partial charge in [-0.3, -0.25) is 4.79 Å². The molecule has 0 bridgehead atoms. The first kappa shape index (κ1) is 23.5. The normalized spacial score (nSPS) is 16.1. The van der Waals surface area contributed by atoms with E-state index in [9.17, 15) is 19.5 Å². The number of anilines is 1. The highest BCUT2D eigenvalue weighted by Gasteiger charge is 2.33. The Labute approximate surface area is 200 Å². The third kappa shape index (κ3) is 4.54. The van der Waals surface area contributed by atoms with Crippen LogP contribution in [0.25, 0.3) is 21.5 Å². The van der Waals surface area contributed by atoms with E-state index >= 15 is 0 Å². The molecular weight excluding hydrogens is 456 g/mol. The quantitative estimate of drug-likeness (QED) is 0.507. The van der Waals surface area contributed by atoms with Crippen LogP contribution in [0.1, 0.15) is 58.7 Å². The van der Waals surface area contributed by atoms with E-state index in [1.165, 1.54) is 12.1 Å². The molecule has 1 aromatic carbocycles. The second-order valence-corrected chi connectivity index (χ2v) is 10.3. The lowest BCUT2D eigenvalue weighted by Crippen LogP contribution is -2.35. The minimum Gasteiger partial charge on any atom is -0.478 e. The minimum absolute atomic E-state index is 0.0484. The summed E-state index contributed by atoms with van der Waals surface area (Å²) in [4.78, 5) is 42.9. The van der Waals surface area contributed by atoms with Crippen LogP contribution in [0.3, 0.4) is 0 Å². The maximum Gasteiger partial charge on any atom is 0.410 e. The summed E-state index contributed by atoms with van der Waals surface area (Å²) in [5, 5.41) is 9.85. The number of nitrogen functional groups attached to an aromatic ring is 1. The number of hydrogen-bond donors (Lipinski definition) is 3. The Morgan fingerprint density at radius 1 is 1.21 bits per heavy atom. The van der Waals surface area contributed by atoms with Crippen molar-refractivity contribution in [2.45, 2.75) is 38.7 Å². The van der Waals surface area contributed by atoms with E-state index in [0.29, 0.717) is 41.1 Å². The molecule has 178 valence electrons. The molecule has 10 heteroatoms. The van der Waals surface area contributed by atoms with Gasteiger partial charge in [-0.25, -0.2) is 14.6 Å². The first-order valence-electron chi connectivity index (χ1n) is 10.8. The van der Waals surface area contributed by atoms with E-state index in [1.807, 2.05) is 26.8 Å². The van der Waals surface area contributed by atoms with Crippen LogP contribution in [0.15, 0.2) is 30.3 Å². The summed E-state index contributed by atoms with van der Waals surface area (Å²) in [5.74, 6) is -1.69. The van der Waals surface area contributed by atoms with Gasteiger partial charge in [0.2, 0.25) is 0 Å². The van der Waals surface area contributed by atoms with E-state index < -0.39 is 17.5 Å². The number of nitrogens with two attached hydrogens (primary N) is 2. The number of ether oxygens (including phenoxy) is 1. The van der Waals surface area contributed by atoms with Gasteiger partial charge in [0, 0.05) is 30.0 Å². The lowest BCUT2D eigenvalue weighted by atomic mass is 9.93. The van der Waals surface area contributed by atoms with Crippen molar-refractivity contribution in [3.05, 3.63) is 46.3 Å². The number of rotatable bonds is 4. The van der Waals surface area contributed by atoms with Gasteiger partial charge in [-0.15, -0.1) is 11.3 Å². The molecule has 2 aromatic heterocycles. The molecule has 34 heavy (non-hydrogen) atoms. The molecule has 2 amide bonds. The summed E-state index contributed by atoms with van der Waals surface area (Å²) in [6.45, 7) is 6.43. The van der Waals surface area contributed by atoms with Gasteiger partial charge in [0.1, 0.15) is 15.3 Å². The van der Waals surface area contributed by atoms with E-state index in [0.717, 1.165) is 22.5 Å². The van der Waals surface area contributed by atoms with Crippen LogP contribution in [-0.2, 0) is 4.74 Å². The number of nitrogens with zero attached hydrogens (tertiary/aromatic N) is 2. The van der Waals surface area contributed by atoms with E-state index in [-0.39, 0.29) is 22.5 Å². The first-order chi connectivity index (χ1) is 15.9. The number of aromatic carboxylic acids is 1. The second kappa shape index (κ2) is 8.60. The largest absolute Gasteiger partial charge is 0.478 e. The number of amides is 2. The van der Waals surface area contributed by atoms with Crippen molar-refractivity contribution in [2.24, 2.45) is 5.73 Å². The highest BCUT2D eigenvalue weighted by molar-refractivity contribution is 7.21. The Hall–Kier alpha value is -3.66. The number of carbonyl (C=O) groups excluding carboxylic acids is 2. The Balaban J connectivity index is 1.77. The summed E-state index contributed by atoms with van der Waals surface area (Å²) in [6, 6.07) is 8.31. The average Bonchev–Trinajstić information content (AvgIpc) is 3.37. The van der Waals surface area contributed by atoms with Crippen LogP contribution >= 0.6 is 11.3 Å². The number of fused-ring (bicyclic) bond motifs is 1. The van der Waals surface area contributed by atoms with Gasteiger partial charge < -0.3 is 26.2 Å². The topological polar surface area (TPSA) is 149 Å². The molecule has 1 atom stereocenters. The number of thiophene rings is 1. The van der Waals surface area contributed by atoms with Crippen molar-refractivity contribution >= 4 is 45.2 Å². The lowest BCUT2D eigenvalue weighted by Gasteiger charge is -2.24. The van der Waals surface area contributed by atoms with Gasteiger partial charge in [0.25, 0.3) is 5.91 Å². The maximum absolute atomic E-state index is 12.6. The summed E-state index contributed by atoms with van der Waals surface area (Å²) in [5.41, 5.74) is 13.9. The molecule has 0 radical (unpaired) electrons. The van der Waals surface area contributed by atoms with Crippen LogP contribution in [0.4, 0.5) is 10.5 Å². The van der Waals surface area contributed by atoms with Gasteiger partial charge in [-0.1, -0.05) is 12.1 Å². The van der Waals surface area contributed by atoms with Crippen LogP contribution in [0.2, 0.25) is 0 Å². The van der Waals surface area contributed by atoms with Gasteiger partial charge in [-0.2, -0.15) is 0 Å². The predicted octanol–water partition coefficient (Wildman–Crippen LogP) is 4.07. The second-order valence-electron chi connectivity index (χ2n) is 9.28. The molecule has 1 aliphatic rings. The Kier molecular flexibility index (Phi) is 5.94. The average molecular weight is 483 g/mol. The zero-order valence-corrected chi connectivity index (χ0v) is 19.9. The molecule has 9 nitrogen and oxygen atoms in total. The first-order valence-corrected chi connectivity index (χ1v) is 11.6. The maximum atomic E-state index is 12.6. The highest BCUT2D eigenvalue weighted by atomic mass is 32.1. The van der Waals surface area contributed by atoms with Gasteiger partial charge in [0.15, 0.2) is 0 Å². The Morgan fingerprint density at radius 3 is 2.47 bits per heavy atom. The zero-order valence-electron chi connectivity index (χ0n) is 19.1. The smallest absolute Gasteiger partial charge is 0.410 e. The number of aromatic nitrogens is 1. The standard InChI is InChI=1S/C24H26N4O5S/c1-24(2,3)33-23(32)28-9-8-14(11-28)15-10-16(12-4-6-13(7-5-12)22(30)31)27-21-17(15)18(25)19(34-21)20(26)29/h4-7,10,14H,8-9,11,25H2,1-3H3,(H2,26,29)(H,30,31).